The number of carbonyl (C=O) groups excluding carboxylic acids is 1. The molecule has 0 saturated carbocycles. The first-order valence-corrected chi connectivity index (χ1v) is 8.32. The standard InChI is InChI=1S/C18H17N3O3S/c1-21-17(22)16(25-18(21)20-13-5-4-8-19-11-13)10-12-6-7-14(23-2)15(9-12)24-3/h4-11H,1-3H3/b16-10-,20-18?. The molecule has 1 aliphatic rings. The van der Waals surface area contributed by atoms with Crippen molar-refractivity contribution in [3.05, 3.63) is 53.2 Å². The largest absolute Gasteiger partial charge is 0.493 e. The second kappa shape index (κ2) is 7.40. The zero-order valence-corrected chi connectivity index (χ0v) is 14.9. The normalized spacial score (nSPS) is 17.4. The number of amidine groups is 1. The lowest BCUT2D eigenvalue weighted by molar-refractivity contribution is -0.121. The molecule has 0 spiro atoms. The first-order valence-electron chi connectivity index (χ1n) is 7.50. The predicted octanol–water partition coefficient (Wildman–Crippen LogP) is 3.33. The summed E-state index contributed by atoms with van der Waals surface area (Å²) >= 11 is 1.33. The Kier molecular flexibility index (Phi) is 5.04. The van der Waals surface area contributed by atoms with Crippen molar-refractivity contribution < 1.29 is 14.3 Å². The molecule has 0 unspecified atom stereocenters. The van der Waals surface area contributed by atoms with E-state index >= 15 is 0 Å². The number of amides is 1. The van der Waals surface area contributed by atoms with Crippen LogP contribution in [0.15, 0.2) is 52.6 Å². The van der Waals surface area contributed by atoms with E-state index in [1.54, 1.807) is 39.7 Å². The lowest BCUT2D eigenvalue weighted by atomic mass is 10.2. The van der Waals surface area contributed by atoms with E-state index in [9.17, 15) is 4.79 Å². The molecule has 7 heteroatoms. The second-order valence-electron chi connectivity index (χ2n) is 5.19. The summed E-state index contributed by atoms with van der Waals surface area (Å²) in [4.78, 5) is 23.1. The molecule has 25 heavy (non-hydrogen) atoms. The van der Waals surface area contributed by atoms with Crippen LogP contribution in [0.2, 0.25) is 0 Å². The molecule has 0 atom stereocenters. The lowest BCUT2D eigenvalue weighted by Gasteiger charge is -2.08. The number of ether oxygens (including phenoxy) is 2. The van der Waals surface area contributed by atoms with Gasteiger partial charge in [0.05, 0.1) is 31.0 Å². The van der Waals surface area contributed by atoms with Crippen LogP contribution in [0.1, 0.15) is 5.56 Å². The Hall–Kier alpha value is -2.80. The molecule has 1 aromatic heterocycles. The molecule has 0 N–H and O–H groups in total. The van der Waals surface area contributed by atoms with Crippen molar-refractivity contribution in [2.75, 3.05) is 21.3 Å². The van der Waals surface area contributed by atoms with E-state index < -0.39 is 0 Å². The van der Waals surface area contributed by atoms with Crippen molar-refractivity contribution in [2.45, 2.75) is 0 Å². The minimum absolute atomic E-state index is 0.0950. The van der Waals surface area contributed by atoms with E-state index in [0.29, 0.717) is 27.3 Å². The van der Waals surface area contributed by atoms with Gasteiger partial charge in [-0.2, -0.15) is 0 Å². The number of hydrogen-bond acceptors (Lipinski definition) is 6. The number of aliphatic imine (C=N–C) groups is 1. The van der Waals surface area contributed by atoms with Crippen molar-refractivity contribution in [3.63, 3.8) is 0 Å². The lowest BCUT2D eigenvalue weighted by Crippen LogP contribution is -2.23. The van der Waals surface area contributed by atoms with Crippen LogP contribution < -0.4 is 9.47 Å². The molecule has 128 valence electrons. The van der Waals surface area contributed by atoms with Gasteiger partial charge in [-0.3, -0.25) is 14.7 Å². The van der Waals surface area contributed by atoms with E-state index in [2.05, 4.69) is 9.98 Å². The van der Waals surface area contributed by atoms with Crippen molar-refractivity contribution in [1.29, 1.82) is 0 Å². The van der Waals surface area contributed by atoms with Crippen LogP contribution in [-0.4, -0.2) is 42.2 Å². The Labute approximate surface area is 150 Å². The second-order valence-corrected chi connectivity index (χ2v) is 6.20. The summed E-state index contributed by atoms with van der Waals surface area (Å²) in [5, 5.41) is 0.615. The summed E-state index contributed by atoms with van der Waals surface area (Å²) in [6, 6.07) is 9.16. The minimum Gasteiger partial charge on any atom is -0.493 e. The van der Waals surface area contributed by atoms with E-state index in [0.717, 1.165) is 5.56 Å². The number of thioether (sulfide) groups is 1. The van der Waals surface area contributed by atoms with Crippen LogP contribution in [0.3, 0.4) is 0 Å². The van der Waals surface area contributed by atoms with E-state index in [4.69, 9.17) is 9.47 Å². The van der Waals surface area contributed by atoms with Crippen LogP contribution in [0, 0.1) is 0 Å². The first-order chi connectivity index (χ1) is 12.1. The smallest absolute Gasteiger partial charge is 0.266 e. The Morgan fingerprint density at radius 1 is 1.20 bits per heavy atom. The highest BCUT2D eigenvalue weighted by atomic mass is 32.2. The summed E-state index contributed by atoms with van der Waals surface area (Å²) in [6.45, 7) is 0. The molecule has 1 aromatic carbocycles. The summed E-state index contributed by atoms with van der Waals surface area (Å²) in [7, 11) is 4.87. The molecule has 2 aromatic rings. The number of pyridine rings is 1. The Bertz CT molecular complexity index is 850. The van der Waals surface area contributed by atoms with Gasteiger partial charge in [-0.1, -0.05) is 6.07 Å². The van der Waals surface area contributed by atoms with Crippen molar-refractivity contribution in [2.24, 2.45) is 4.99 Å². The fourth-order valence-electron chi connectivity index (χ4n) is 2.28. The maximum absolute atomic E-state index is 12.5. The number of likely N-dealkylation sites (N-methyl/N-ethyl adjacent to an activating group) is 1. The van der Waals surface area contributed by atoms with Gasteiger partial charge in [0.1, 0.15) is 0 Å². The number of aromatic nitrogens is 1. The first kappa shape index (κ1) is 17.0. The number of hydrogen-bond donors (Lipinski definition) is 0. The molecule has 1 aliphatic heterocycles. The third-order valence-corrected chi connectivity index (χ3v) is 4.64. The molecule has 3 rings (SSSR count). The van der Waals surface area contributed by atoms with Crippen LogP contribution >= 0.6 is 11.8 Å². The Morgan fingerprint density at radius 2 is 2.00 bits per heavy atom. The Morgan fingerprint density at radius 3 is 2.68 bits per heavy atom. The van der Waals surface area contributed by atoms with E-state index in [1.165, 1.54) is 16.7 Å². The maximum Gasteiger partial charge on any atom is 0.266 e. The molecule has 1 saturated heterocycles. The van der Waals surface area contributed by atoms with Crippen LogP contribution in [0.4, 0.5) is 5.69 Å². The van der Waals surface area contributed by atoms with E-state index in [-0.39, 0.29) is 5.91 Å². The van der Waals surface area contributed by atoms with E-state index in [1.807, 2.05) is 30.3 Å². The fourth-order valence-corrected chi connectivity index (χ4v) is 3.26. The number of rotatable bonds is 4. The summed E-state index contributed by atoms with van der Waals surface area (Å²) in [5.74, 6) is 1.17. The third kappa shape index (κ3) is 3.66. The molecule has 6 nitrogen and oxygen atoms in total. The van der Waals surface area contributed by atoms with Gasteiger partial charge in [0, 0.05) is 13.2 Å². The highest BCUT2D eigenvalue weighted by Gasteiger charge is 2.30. The topological polar surface area (TPSA) is 64.0 Å². The van der Waals surface area contributed by atoms with Gasteiger partial charge in [-0.25, -0.2) is 4.99 Å². The monoisotopic (exact) mass is 355 g/mol. The molecule has 2 heterocycles. The van der Waals surface area contributed by atoms with Crippen LogP contribution in [-0.2, 0) is 4.79 Å². The summed E-state index contributed by atoms with van der Waals surface area (Å²) < 4.78 is 10.5. The average Bonchev–Trinajstić information content (AvgIpc) is 2.90. The quantitative estimate of drug-likeness (QED) is 0.787. The van der Waals surface area contributed by atoms with Gasteiger partial charge in [0.15, 0.2) is 16.7 Å². The molecule has 1 amide bonds. The minimum atomic E-state index is -0.0950. The van der Waals surface area contributed by atoms with Gasteiger partial charge in [0.25, 0.3) is 5.91 Å². The number of carbonyl (C=O) groups is 1. The number of nitrogens with zero attached hydrogens (tertiary/aromatic N) is 3. The van der Waals surface area contributed by atoms with Gasteiger partial charge < -0.3 is 9.47 Å². The number of methoxy groups -OCH3 is 2. The molecular weight excluding hydrogens is 338 g/mol. The van der Waals surface area contributed by atoms with Crippen molar-refractivity contribution >= 4 is 34.6 Å². The van der Waals surface area contributed by atoms with Crippen LogP contribution in [0.5, 0.6) is 11.5 Å². The van der Waals surface area contributed by atoms with Crippen molar-refractivity contribution in [3.8, 4) is 11.5 Å². The maximum atomic E-state index is 12.5. The van der Waals surface area contributed by atoms with Gasteiger partial charge in [0.2, 0.25) is 0 Å². The molecule has 0 bridgehead atoms. The zero-order valence-electron chi connectivity index (χ0n) is 14.1. The zero-order chi connectivity index (χ0) is 17.8. The number of benzene rings is 1. The SMILES string of the molecule is COc1ccc(/C=C2\SC(=Nc3cccnc3)N(C)C2=O)cc1OC. The molecule has 1 fully saturated rings. The molecule has 0 aliphatic carbocycles. The fraction of sp³-hybridized carbons (Fsp3) is 0.167. The van der Waals surface area contributed by atoms with Gasteiger partial charge >= 0.3 is 0 Å². The summed E-state index contributed by atoms with van der Waals surface area (Å²) in [6.07, 6.45) is 5.15. The highest BCUT2D eigenvalue weighted by molar-refractivity contribution is 8.18. The third-order valence-electron chi connectivity index (χ3n) is 3.58. The van der Waals surface area contributed by atoms with Crippen molar-refractivity contribution in [1.82, 2.24) is 9.88 Å². The highest BCUT2D eigenvalue weighted by Crippen LogP contribution is 2.34. The average molecular weight is 355 g/mol. The Balaban J connectivity index is 1.89. The molecular formula is C18H17N3O3S. The van der Waals surface area contributed by atoms with Gasteiger partial charge in [-0.05, 0) is 47.7 Å². The molecule has 0 radical (unpaired) electrons. The summed E-state index contributed by atoms with van der Waals surface area (Å²) in [5.41, 5.74) is 1.56. The van der Waals surface area contributed by atoms with Gasteiger partial charge in [-0.15, -0.1) is 0 Å². The predicted molar refractivity (Wildman–Crippen MR) is 99.2 cm³/mol. The van der Waals surface area contributed by atoms with Crippen LogP contribution in [0.25, 0.3) is 6.08 Å².